The zero-order valence-corrected chi connectivity index (χ0v) is 10.9. The van der Waals surface area contributed by atoms with E-state index >= 15 is 0 Å². The normalized spacial score (nSPS) is 10.9. The topological polar surface area (TPSA) is 45.1 Å². The van der Waals surface area contributed by atoms with Gasteiger partial charge >= 0.3 is 0 Å². The largest absolute Gasteiger partial charge is 0.496 e. The third-order valence-electron chi connectivity index (χ3n) is 2.39. The molecule has 0 saturated carbocycles. The molecule has 0 aromatic heterocycles. The number of aryl methyl sites for hydroxylation is 1. The van der Waals surface area contributed by atoms with Gasteiger partial charge in [0.25, 0.3) is 0 Å². The summed E-state index contributed by atoms with van der Waals surface area (Å²) in [7, 11) is 1.65. The second kappa shape index (κ2) is 6.09. The van der Waals surface area contributed by atoms with Gasteiger partial charge in [-0.15, -0.1) is 0 Å². The van der Waals surface area contributed by atoms with Gasteiger partial charge in [0.2, 0.25) is 0 Å². The molecule has 3 nitrogen and oxygen atoms in total. The van der Waals surface area contributed by atoms with Gasteiger partial charge in [-0.1, -0.05) is 0 Å². The first-order chi connectivity index (χ1) is 8.04. The highest BCUT2D eigenvalue weighted by Crippen LogP contribution is 2.18. The maximum atomic E-state index is 7.93. The van der Waals surface area contributed by atoms with E-state index < -0.39 is 0 Å². The van der Waals surface area contributed by atoms with Crippen LogP contribution in [-0.4, -0.2) is 18.9 Å². The van der Waals surface area contributed by atoms with Crippen LogP contribution in [0, 0.1) is 12.3 Å². The van der Waals surface area contributed by atoms with Crippen LogP contribution in [0.15, 0.2) is 30.5 Å². The van der Waals surface area contributed by atoms with Crippen LogP contribution in [0.3, 0.4) is 0 Å². The summed E-state index contributed by atoms with van der Waals surface area (Å²) in [6, 6.07) is 6.13. The Morgan fingerprint density at radius 3 is 2.65 bits per heavy atom. The van der Waals surface area contributed by atoms with E-state index in [1.165, 1.54) is 0 Å². The van der Waals surface area contributed by atoms with Gasteiger partial charge in [-0.05, 0) is 62.4 Å². The molecule has 0 aliphatic heterocycles. The van der Waals surface area contributed by atoms with E-state index in [-0.39, 0.29) is 0 Å². The molecule has 0 saturated heterocycles. The van der Waals surface area contributed by atoms with E-state index in [9.17, 15) is 0 Å². The molecule has 3 heteroatoms. The van der Waals surface area contributed by atoms with Crippen LogP contribution >= 0.6 is 0 Å². The predicted molar refractivity (Wildman–Crippen MR) is 72.0 cm³/mol. The molecule has 0 bridgehead atoms. The number of nitrogens with one attached hydrogen (secondary N) is 2. The monoisotopic (exact) mass is 232 g/mol. The van der Waals surface area contributed by atoms with Gasteiger partial charge in [0.05, 0.1) is 12.8 Å². The van der Waals surface area contributed by atoms with E-state index in [2.05, 4.69) is 19.2 Å². The van der Waals surface area contributed by atoms with Crippen molar-refractivity contribution in [1.82, 2.24) is 5.32 Å². The van der Waals surface area contributed by atoms with Gasteiger partial charge in [0, 0.05) is 6.04 Å². The lowest BCUT2D eigenvalue weighted by atomic mass is 10.1. The predicted octanol–water partition coefficient (Wildman–Crippen LogP) is 2.88. The molecule has 0 fully saturated rings. The number of methoxy groups -OCH3 is 1. The summed E-state index contributed by atoms with van der Waals surface area (Å²) in [5.41, 5.74) is 2.42. The van der Waals surface area contributed by atoms with Gasteiger partial charge in [-0.3, -0.25) is 0 Å². The van der Waals surface area contributed by atoms with Crippen LogP contribution in [0.2, 0.25) is 0 Å². The number of benzene rings is 1. The first-order valence-corrected chi connectivity index (χ1v) is 5.70. The molecule has 0 amide bonds. The molecule has 1 rings (SSSR count). The Balaban J connectivity index is 2.76. The van der Waals surface area contributed by atoms with E-state index in [0.29, 0.717) is 11.8 Å². The van der Waals surface area contributed by atoms with Gasteiger partial charge < -0.3 is 15.5 Å². The summed E-state index contributed by atoms with van der Waals surface area (Å²) in [4.78, 5) is 0. The molecule has 0 aliphatic carbocycles. The Hall–Kier alpha value is -1.77. The van der Waals surface area contributed by atoms with Gasteiger partial charge in [-0.2, -0.15) is 0 Å². The molecule has 0 radical (unpaired) electrons. The van der Waals surface area contributed by atoms with Crippen molar-refractivity contribution in [3.05, 3.63) is 41.6 Å². The maximum Gasteiger partial charge on any atom is 0.121 e. The zero-order valence-electron chi connectivity index (χ0n) is 10.9. The van der Waals surface area contributed by atoms with Crippen LogP contribution in [-0.2, 0) is 0 Å². The minimum Gasteiger partial charge on any atom is -0.496 e. The average Bonchev–Trinajstić information content (AvgIpc) is 2.28. The Labute approximate surface area is 103 Å². The van der Waals surface area contributed by atoms with Crippen LogP contribution < -0.4 is 10.1 Å². The maximum absolute atomic E-state index is 7.93. The second-order valence-electron chi connectivity index (χ2n) is 4.25. The fourth-order valence-corrected chi connectivity index (χ4v) is 1.47. The quantitative estimate of drug-likeness (QED) is 0.767. The number of hydrogen-bond acceptors (Lipinski definition) is 3. The van der Waals surface area contributed by atoms with E-state index in [4.69, 9.17) is 10.1 Å². The number of hydrogen-bond donors (Lipinski definition) is 2. The summed E-state index contributed by atoms with van der Waals surface area (Å²) in [6.07, 6.45) is 3.58. The van der Waals surface area contributed by atoms with Crippen LogP contribution in [0.1, 0.15) is 25.0 Å². The fraction of sp³-hybridized carbons (Fsp3) is 0.357. The lowest BCUT2D eigenvalue weighted by molar-refractivity contribution is 0.411. The van der Waals surface area contributed by atoms with Crippen molar-refractivity contribution in [2.24, 2.45) is 0 Å². The first-order valence-electron chi connectivity index (χ1n) is 5.70. The van der Waals surface area contributed by atoms with Crippen LogP contribution in [0.4, 0.5) is 0 Å². The number of allylic oxidation sites excluding steroid dienone is 1. The summed E-state index contributed by atoms with van der Waals surface area (Å²) in [6.45, 7) is 6.10. The Morgan fingerprint density at radius 2 is 2.12 bits per heavy atom. The molecular weight excluding hydrogens is 212 g/mol. The highest BCUT2D eigenvalue weighted by Gasteiger charge is 2.02. The Kier molecular flexibility index (Phi) is 4.76. The third kappa shape index (κ3) is 3.94. The second-order valence-corrected chi connectivity index (χ2v) is 4.25. The van der Waals surface area contributed by atoms with Crippen molar-refractivity contribution < 1.29 is 4.74 Å². The minimum absolute atomic E-state index is 0.386. The van der Waals surface area contributed by atoms with Crippen molar-refractivity contribution in [3.8, 4) is 5.75 Å². The van der Waals surface area contributed by atoms with Crippen molar-refractivity contribution in [2.45, 2.75) is 26.8 Å². The summed E-state index contributed by atoms with van der Waals surface area (Å²) in [5.74, 6) is 0.853. The van der Waals surface area contributed by atoms with Crippen molar-refractivity contribution in [2.75, 3.05) is 7.11 Å². The third-order valence-corrected chi connectivity index (χ3v) is 2.39. The van der Waals surface area contributed by atoms with E-state index in [1.54, 1.807) is 13.2 Å². The van der Waals surface area contributed by atoms with E-state index in [0.717, 1.165) is 16.9 Å². The summed E-state index contributed by atoms with van der Waals surface area (Å²) in [5, 5.41) is 11.1. The van der Waals surface area contributed by atoms with Crippen molar-refractivity contribution in [3.63, 3.8) is 0 Å². The minimum atomic E-state index is 0.386. The van der Waals surface area contributed by atoms with Crippen LogP contribution in [0.5, 0.6) is 5.75 Å². The molecule has 0 unspecified atom stereocenters. The zero-order chi connectivity index (χ0) is 12.8. The average molecular weight is 232 g/mol. The molecule has 0 atom stereocenters. The Morgan fingerprint density at radius 1 is 1.41 bits per heavy atom. The highest BCUT2D eigenvalue weighted by atomic mass is 16.5. The SMILES string of the molecule is COc1ccc(C(=N)/C=C\NC(C)C)cc1C. The first kappa shape index (κ1) is 13.3. The molecule has 17 heavy (non-hydrogen) atoms. The van der Waals surface area contributed by atoms with E-state index in [1.807, 2.05) is 31.3 Å². The number of rotatable bonds is 5. The summed E-state index contributed by atoms with van der Waals surface area (Å²) < 4.78 is 5.19. The summed E-state index contributed by atoms with van der Waals surface area (Å²) >= 11 is 0. The number of ether oxygens (including phenoxy) is 1. The standard InChI is InChI=1S/C14H20N2O/c1-10(2)16-8-7-13(15)12-5-6-14(17-4)11(3)9-12/h5-10,15-16H,1-4H3/b8-7-,15-13?. The fourth-order valence-electron chi connectivity index (χ4n) is 1.47. The highest BCUT2D eigenvalue weighted by molar-refractivity contribution is 6.06. The molecule has 1 aromatic carbocycles. The van der Waals surface area contributed by atoms with Crippen molar-refractivity contribution in [1.29, 1.82) is 5.41 Å². The molecule has 1 aromatic rings. The Bertz CT molecular complexity index is 422. The van der Waals surface area contributed by atoms with Crippen LogP contribution in [0.25, 0.3) is 0 Å². The molecule has 0 aliphatic rings. The lowest BCUT2D eigenvalue weighted by Crippen LogP contribution is -2.15. The van der Waals surface area contributed by atoms with Gasteiger partial charge in [0.15, 0.2) is 0 Å². The molecule has 2 N–H and O–H groups in total. The molecule has 0 spiro atoms. The molecular formula is C14H20N2O. The smallest absolute Gasteiger partial charge is 0.121 e. The van der Waals surface area contributed by atoms with Gasteiger partial charge in [0.1, 0.15) is 5.75 Å². The van der Waals surface area contributed by atoms with Gasteiger partial charge in [-0.25, -0.2) is 0 Å². The lowest BCUT2D eigenvalue weighted by Gasteiger charge is -2.07. The molecule has 92 valence electrons. The van der Waals surface area contributed by atoms with Crippen molar-refractivity contribution >= 4 is 5.71 Å². The molecule has 0 heterocycles.